The van der Waals surface area contributed by atoms with Crippen LogP contribution in [-0.4, -0.2) is 51.4 Å². The first-order chi connectivity index (χ1) is 12.6. The number of fused-ring (bicyclic) bond motifs is 2. The molecule has 26 heavy (non-hydrogen) atoms. The minimum atomic E-state index is -0.476. The van der Waals surface area contributed by atoms with Gasteiger partial charge in [0.15, 0.2) is 28.9 Å². The molecule has 1 amide bonds. The summed E-state index contributed by atoms with van der Waals surface area (Å²) in [5, 5.41) is 15.2. The molecule has 0 bridgehead atoms. The molecule has 3 heterocycles. The zero-order valence-corrected chi connectivity index (χ0v) is 13.8. The molecular weight excluding hydrogens is 340 g/mol. The predicted molar refractivity (Wildman–Crippen MR) is 88.1 cm³/mol. The van der Waals surface area contributed by atoms with E-state index in [-0.39, 0.29) is 19.1 Å². The van der Waals surface area contributed by atoms with Crippen LogP contribution in [0.4, 0.5) is 0 Å². The summed E-state index contributed by atoms with van der Waals surface area (Å²) in [6.07, 6.45) is 4.62. The molecule has 0 saturated heterocycles. The van der Waals surface area contributed by atoms with E-state index < -0.39 is 5.91 Å². The molecular formula is C16H16N6O4+2. The van der Waals surface area contributed by atoms with Crippen LogP contribution < -0.4 is 20.3 Å². The molecule has 0 spiro atoms. The van der Waals surface area contributed by atoms with Gasteiger partial charge in [0.1, 0.15) is 0 Å². The lowest BCUT2D eigenvalue weighted by Crippen LogP contribution is -2.38. The average Bonchev–Trinajstić information content (AvgIpc) is 3.21. The number of allylic oxidation sites excluding steroid dienone is 2. The summed E-state index contributed by atoms with van der Waals surface area (Å²) in [5.41, 5.74) is 7.41. The van der Waals surface area contributed by atoms with Gasteiger partial charge in [-0.05, 0) is 25.1 Å². The van der Waals surface area contributed by atoms with E-state index in [0.29, 0.717) is 17.3 Å². The lowest BCUT2D eigenvalue weighted by Gasteiger charge is -2.16. The van der Waals surface area contributed by atoms with E-state index in [9.17, 15) is 9.90 Å². The van der Waals surface area contributed by atoms with Gasteiger partial charge in [-0.2, -0.15) is 5.43 Å². The number of carbonyl (C=O) groups excluding carboxylic acids is 1. The minimum absolute atomic E-state index is 0.0409. The number of benzene rings is 1. The van der Waals surface area contributed by atoms with E-state index in [2.05, 4.69) is 20.8 Å². The molecule has 1 aromatic rings. The fourth-order valence-electron chi connectivity index (χ4n) is 2.66. The summed E-state index contributed by atoms with van der Waals surface area (Å²) in [7, 11) is 0. The molecule has 0 radical (unpaired) electrons. The first-order valence-corrected chi connectivity index (χ1v) is 7.81. The number of hydrazone groups is 1. The van der Waals surface area contributed by atoms with Crippen molar-refractivity contribution >= 4 is 18.5 Å². The zero-order valence-electron chi connectivity index (χ0n) is 13.8. The molecule has 1 aromatic carbocycles. The standard InChI is InChI=1S/C16H14N6O4/c1-10-4-12(23)16-21(18-8-22(16)20-10)7-15(24)19-17-6-11-2-3-13-14(5-11)26-9-25-13/h2-6,8,20H,7,9H2,1H3/p+2. The second kappa shape index (κ2) is 6.26. The van der Waals surface area contributed by atoms with Crippen LogP contribution in [0.1, 0.15) is 12.5 Å². The lowest BCUT2D eigenvalue weighted by atomic mass is 10.2. The number of nitrogens with one attached hydrogen (secondary N) is 2. The molecule has 4 rings (SSSR count). The molecule has 10 heteroatoms. The summed E-state index contributed by atoms with van der Waals surface area (Å²) in [6, 6.07) is 5.31. The van der Waals surface area contributed by atoms with Gasteiger partial charge in [0.2, 0.25) is 13.1 Å². The molecule has 132 valence electrons. The molecule has 0 unspecified atom stereocenters. The second-order valence-corrected chi connectivity index (χ2v) is 5.71. The molecule has 3 N–H and O–H groups in total. The van der Waals surface area contributed by atoms with E-state index in [1.165, 1.54) is 11.2 Å². The van der Waals surface area contributed by atoms with Crippen LogP contribution in [0.2, 0.25) is 0 Å². The summed E-state index contributed by atoms with van der Waals surface area (Å²) < 4.78 is 12.1. The number of nitrogens with zero attached hydrogens (tertiary/aromatic N) is 4. The van der Waals surface area contributed by atoms with Gasteiger partial charge in [0.05, 0.1) is 10.4 Å². The summed E-state index contributed by atoms with van der Waals surface area (Å²) in [5.74, 6) is 1.29. The number of amides is 1. The molecule has 0 saturated carbocycles. The maximum absolute atomic E-state index is 12.0. The number of carbonyl (C=O) groups is 1. The van der Waals surface area contributed by atoms with Crippen molar-refractivity contribution in [3.8, 4) is 11.5 Å². The normalized spacial score (nSPS) is 16.7. The highest BCUT2D eigenvalue weighted by Crippen LogP contribution is 2.31. The Balaban J connectivity index is 1.43. The van der Waals surface area contributed by atoms with E-state index in [1.807, 2.05) is 6.92 Å². The number of rotatable bonds is 3. The maximum Gasteiger partial charge on any atom is 0.363 e. The Morgan fingerprint density at radius 1 is 1.46 bits per heavy atom. The molecule has 0 fully saturated rings. The Morgan fingerprint density at radius 3 is 3.19 bits per heavy atom. The highest BCUT2D eigenvalue weighted by molar-refractivity contribution is 5.80. The zero-order chi connectivity index (χ0) is 18.1. The van der Waals surface area contributed by atoms with E-state index >= 15 is 0 Å². The third-order valence-electron chi connectivity index (χ3n) is 3.77. The highest BCUT2D eigenvalue weighted by Gasteiger charge is 2.36. The van der Waals surface area contributed by atoms with Crippen LogP contribution in [0.15, 0.2) is 46.7 Å². The van der Waals surface area contributed by atoms with E-state index in [0.717, 1.165) is 11.3 Å². The van der Waals surface area contributed by atoms with Gasteiger partial charge in [-0.3, -0.25) is 4.79 Å². The Bertz CT molecular complexity index is 942. The van der Waals surface area contributed by atoms with Crippen LogP contribution in [0.25, 0.3) is 0 Å². The van der Waals surface area contributed by atoms with Crippen LogP contribution >= 0.6 is 0 Å². The van der Waals surface area contributed by atoms with Crippen molar-refractivity contribution in [2.75, 3.05) is 13.3 Å². The van der Waals surface area contributed by atoms with Crippen molar-refractivity contribution in [3.63, 3.8) is 0 Å². The number of aliphatic hydroxyl groups excluding tert-OH is 1. The fraction of sp³-hybridized carbons (Fsp3) is 0.188. The first kappa shape index (κ1) is 15.7. The quantitative estimate of drug-likeness (QED) is 0.303. The molecule has 0 aliphatic carbocycles. The Morgan fingerprint density at radius 2 is 2.31 bits per heavy atom. The van der Waals surface area contributed by atoms with Gasteiger partial charge in [0.25, 0.3) is 0 Å². The largest absolute Gasteiger partial charge is 0.502 e. The summed E-state index contributed by atoms with van der Waals surface area (Å²) in [6.45, 7) is 1.91. The van der Waals surface area contributed by atoms with Crippen molar-refractivity contribution < 1.29 is 28.8 Å². The molecule has 10 nitrogen and oxygen atoms in total. The van der Waals surface area contributed by atoms with Crippen molar-refractivity contribution in [2.24, 2.45) is 5.11 Å². The van der Waals surface area contributed by atoms with E-state index in [4.69, 9.17) is 9.47 Å². The highest BCUT2D eigenvalue weighted by atomic mass is 16.7. The number of hydrazine groups is 2. The second-order valence-electron chi connectivity index (χ2n) is 5.71. The minimum Gasteiger partial charge on any atom is -0.502 e. The van der Waals surface area contributed by atoms with Crippen LogP contribution in [-0.2, 0) is 4.79 Å². The molecule has 0 aromatic heterocycles. The Hall–Kier alpha value is -3.78. The fourth-order valence-corrected chi connectivity index (χ4v) is 2.66. The van der Waals surface area contributed by atoms with Crippen molar-refractivity contribution in [1.82, 2.24) is 15.9 Å². The van der Waals surface area contributed by atoms with Crippen molar-refractivity contribution in [3.05, 3.63) is 47.1 Å². The van der Waals surface area contributed by atoms with Gasteiger partial charge in [-0.1, -0.05) is 0 Å². The molecule has 3 aliphatic rings. The van der Waals surface area contributed by atoms with Crippen molar-refractivity contribution in [1.29, 1.82) is 0 Å². The smallest absolute Gasteiger partial charge is 0.363 e. The topological polar surface area (TPSA) is 113 Å². The Labute approximate surface area is 148 Å². The average molecular weight is 356 g/mol. The molecule has 3 aliphatic heterocycles. The summed E-state index contributed by atoms with van der Waals surface area (Å²) >= 11 is 0. The van der Waals surface area contributed by atoms with Gasteiger partial charge >= 0.3 is 17.9 Å². The van der Waals surface area contributed by atoms with Gasteiger partial charge in [-0.15, -0.1) is 9.69 Å². The van der Waals surface area contributed by atoms with Crippen LogP contribution in [0.3, 0.4) is 0 Å². The third-order valence-corrected chi connectivity index (χ3v) is 3.77. The maximum atomic E-state index is 12.0. The van der Waals surface area contributed by atoms with Crippen LogP contribution in [0.5, 0.6) is 11.5 Å². The summed E-state index contributed by atoms with van der Waals surface area (Å²) in [4.78, 5) is 15.9. The van der Waals surface area contributed by atoms with Gasteiger partial charge in [0, 0.05) is 11.8 Å². The van der Waals surface area contributed by atoms with E-state index in [1.54, 1.807) is 35.3 Å². The number of ether oxygens (including phenoxy) is 2. The van der Waals surface area contributed by atoms with Gasteiger partial charge in [-0.25, -0.2) is 5.43 Å². The Kier molecular flexibility index (Phi) is 3.79. The van der Waals surface area contributed by atoms with Crippen LogP contribution in [0, 0.1) is 0 Å². The predicted octanol–water partition coefficient (Wildman–Crippen LogP) is 0.0313. The first-order valence-electron chi connectivity index (χ1n) is 7.81. The number of aliphatic hydroxyl groups is 1. The van der Waals surface area contributed by atoms with Gasteiger partial charge < -0.3 is 14.6 Å². The monoisotopic (exact) mass is 356 g/mol. The molecule has 0 atom stereocenters. The third kappa shape index (κ3) is 2.96. The lowest BCUT2D eigenvalue weighted by molar-refractivity contribution is -0.537. The SMILES string of the molecule is CC1=CC(O)=C2N(CC(=O)N=[N+]=Cc3ccc4c(c3)OCO4)NC=[N+]2N1. The number of hydrogen-bond acceptors (Lipinski definition) is 7. The van der Waals surface area contributed by atoms with Crippen molar-refractivity contribution in [2.45, 2.75) is 6.92 Å². The number of hydrogen-bond donors (Lipinski definition) is 3.